The molecule has 1 amide bonds. The maximum atomic E-state index is 11.8. The van der Waals surface area contributed by atoms with Crippen LogP contribution in [0.15, 0.2) is 12.2 Å². The van der Waals surface area contributed by atoms with Crippen LogP contribution < -0.4 is 0 Å². The number of carbonyl (C=O) groups excluding carboxylic acids is 1. The first-order valence-electron chi connectivity index (χ1n) is 5.73. The minimum absolute atomic E-state index is 0.170. The lowest BCUT2D eigenvalue weighted by Crippen LogP contribution is -2.41. The predicted octanol–water partition coefficient (Wildman–Crippen LogP) is 1.51. The first-order chi connectivity index (χ1) is 7.11. The van der Waals surface area contributed by atoms with Crippen molar-refractivity contribution in [2.45, 2.75) is 32.2 Å². The van der Waals surface area contributed by atoms with Crippen LogP contribution in [0.1, 0.15) is 26.2 Å². The number of hydrogen-bond donors (Lipinski definition) is 0. The number of piperidine rings is 1. The zero-order chi connectivity index (χ0) is 11.3. The molecule has 3 heteroatoms. The van der Waals surface area contributed by atoms with E-state index in [4.69, 9.17) is 0 Å². The Morgan fingerprint density at radius 2 is 2.20 bits per heavy atom. The van der Waals surface area contributed by atoms with Gasteiger partial charge < -0.3 is 9.80 Å². The highest BCUT2D eigenvalue weighted by Crippen LogP contribution is 2.16. The molecule has 1 atom stereocenters. The molecule has 0 N–H and O–H groups in total. The van der Waals surface area contributed by atoms with E-state index in [2.05, 4.69) is 6.92 Å². The molecule has 0 radical (unpaired) electrons. The Bertz CT molecular complexity index is 236. The summed E-state index contributed by atoms with van der Waals surface area (Å²) in [6, 6.07) is 0.412. The third-order valence-corrected chi connectivity index (χ3v) is 2.82. The number of amides is 1. The van der Waals surface area contributed by atoms with Gasteiger partial charge in [-0.2, -0.15) is 0 Å². The lowest BCUT2D eigenvalue weighted by molar-refractivity contribution is -0.129. The fraction of sp³-hybridized carbons (Fsp3) is 0.750. The molecule has 0 aromatic heterocycles. The van der Waals surface area contributed by atoms with Crippen LogP contribution in [0.5, 0.6) is 0 Å². The smallest absolute Gasteiger partial charge is 0.246 e. The lowest BCUT2D eigenvalue weighted by atomic mass is 10.0. The molecule has 0 aliphatic carbocycles. The van der Waals surface area contributed by atoms with Gasteiger partial charge in [0.25, 0.3) is 0 Å². The first kappa shape index (κ1) is 12.2. The van der Waals surface area contributed by atoms with E-state index in [9.17, 15) is 4.79 Å². The third kappa shape index (κ3) is 4.04. The minimum Gasteiger partial charge on any atom is -0.336 e. The van der Waals surface area contributed by atoms with E-state index < -0.39 is 0 Å². The number of carbonyl (C=O) groups is 1. The van der Waals surface area contributed by atoms with Crippen LogP contribution in [0, 0.1) is 0 Å². The number of likely N-dealkylation sites (tertiary alicyclic amines) is 1. The minimum atomic E-state index is 0.170. The van der Waals surface area contributed by atoms with E-state index >= 15 is 0 Å². The summed E-state index contributed by atoms with van der Waals surface area (Å²) >= 11 is 0. The van der Waals surface area contributed by atoms with Crippen LogP contribution >= 0.6 is 0 Å². The molecule has 1 unspecified atom stereocenters. The average molecular weight is 210 g/mol. The van der Waals surface area contributed by atoms with Crippen LogP contribution in [-0.2, 0) is 4.79 Å². The van der Waals surface area contributed by atoms with Crippen LogP contribution in [0.25, 0.3) is 0 Å². The third-order valence-electron chi connectivity index (χ3n) is 2.82. The highest BCUT2D eigenvalue weighted by molar-refractivity contribution is 5.87. The molecule has 0 aromatic rings. The van der Waals surface area contributed by atoms with E-state index in [1.807, 2.05) is 30.0 Å². The summed E-state index contributed by atoms with van der Waals surface area (Å²) in [5, 5.41) is 0. The molecule has 0 aromatic carbocycles. The molecular weight excluding hydrogens is 188 g/mol. The Labute approximate surface area is 92.7 Å². The van der Waals surface area contributed by atoms with Crippen molar-refractivity contribution in [3.05, 3.63) is 12.2 Å². The Morgan fingerprint density at radius 3 is 2.80 bits per heavy atom. The van der Waals surface area contributed by atoms with Gasteiger partial charge in [0.05, 0.1) is 0 Å². The molecule has 1 rings (SSSR count). The summed E-state index contributed by atoms with van der Waals surface area (Å²) in [6.45, 7) is 3.89. The van der Waals surface area contributed by atoms with Crippen LogP contribution in [-0.4, -0.2) is 48.9 Å². The van der Waals surface area contributed by atoms with Gasteiger partial charge in [-0.05, 0) is 40.3 Å². The van der Waals surface area contributed by atoms with Crippen molar-refractivity contribution in [2.24, 2.45) is 0 Å². The molecule has 15 heavy (non-hydrogen) atoms. The summed E-state index contributed by atoms with van der Waals surface area (Å²) in [6.07, 6.45) is 7.20. The fourth-order valence-corrected chi connectivity index (χ4v) is 1.89. The summed E-state index contributed by atoms with van der Waals surface area (Å²) in [7, 11) is 4.00. The summed E-state index contributed by atoms with van der Waals surface area (Å²) < 4.78 is 0. The normalized spacial score (nSPS) is 22.7. The Morgan fingerprint density at radius 1 is 1.47 bits per heavy atom. The van der Waals surface area contributed by atoms with Gasteiger partial charge in [0, 0.05) is 25.2 Å². The molecule has 3 nitrogen and oxygen atoms in total. The molecule has 0 spiro atoms. The van der Waals surface area contributed by atoms with Gasteiger partial charge in [-0.25, -0.2) is 0 Å². The molecule has 1 saturated heterocycles. The number of rotatable bonds is 3. The van der Waals surface area contributed by atoms with Crippen molar-refractivity contribution in [1.29, 1.82) is 0 Å². The fourth-order valence-electron chi connectivity index (χ4n) is 1.89. The largest absolute Gasteiger partial charge is 0.336 e. The monoisotopic (exact) mass is 210 g/mol. The van der Waals surface area contributed by atoms with Crippen molar-refractivity contribution < 1.29 is 4.79 Å². The molecule has 1 fully saturated rings. The van der Waals surface area contributed by atoms with Gasteiger partial charge in [-0.1, -0.05) is 6.08 Å². The molecule has 0 bridgehead atoms. The second kappa shape index (κ2) is 5.91. The maximum absolute atomic E-state index is 11.8. The standard InChI is InChI=1S/C12H22N2O/c1-11-7-4-5-10-14(11)12(15)8-6-9-13(2)3/h6,8,11H,4-5,7,9-10H2,1-3H3/b8-6+. The summed E-state index contributed by atoms with van der Waals surface area (Å²) in [4.78, 5) is 15.8. The Kier molecular flexibility index (Phi) is 4.82. The van der Waals surface area contributed by atoms with Crippen LogP contribution in [0.3, 0.4) is 0 Å². The van der Waals surface area contributed by atoms with Crippen molar-refractivity contribution in [1.82, 2.24) is 9.80 Å². The lowest BCUT2D eigenvalue weighted by Gasteiger charge is -2.32. The Balaban J connectivity index is 2.41. The van der Waals surface area contributed by atoms with E-state index in [1.165, 1.54) is 6.42 Å². The zero-order valence-corrected chi connectivity index (χ0v) is 10.1. The average Bonchev–Trinajstić information content (AvgIpc) is 2.17. The second-order valence-corrected chi connectivity index (χ2v) is 4.54. The van der Waals surface area contributed by atoms with Gasteiger partial charge in [-0.3, -0.25) is 4.79 Å². The van der Waals surface area contributed by atoms with Crippen molar-refractivity contribution >= 4 is 5.91 Å². The van der Waals surface area contributed by atoms with E-state index in [-0.39, 0.29) is 5.91 Å². The topological polar surface area (TPSA) is 23.6 Å². The SMILES string of the molecule is CC1CCCCN1C(=O)/C=C/CN(C)C. The molecular formula is C12H22N2O. The summed E-state index contributed by atoms with van der Waals surface area (Å²) in [5.74, 6) is 0.170. The zero-order valence-electron chi connectivity index (χ0n) is 10.1. The molecule has 1 aliphatic rings. The van der Waals surface area contributed by atoms with E-state index in [0.717, 1.165) is 25.9 Å². The highest BCUT2D eigenvalue weighted by Gasteiger charge is 2.20. The van der Waals surface area contributed by atoms with Gasteiger partial charge >= 0.3 is 0 Å². The van der Waals surface area contributed by atoms with Crippen molar-refractivity contribution in [3.8, 4) is 0 Å². The quantitative estimate of drug-likeness (QED) is 0.659. The van der Waals surface area contributed by atoms with Gasteiger partial charge in [-0.15, -0.1) is 0 Å². The van der Waals surface area contributed by atoms with Crippen LogP contribution in [0.4, 0.5) is 0 Å². The molecule has 0 saturated carbocycles. The number of hydrogen-bond acceptors (Lipinski definition) is 2. The van der Waals surface area contributed by atoms with Gasteiger partial charge in [0.15, 0.2) is 0 Å². The van der Waals surface area contributed by atoms with Crippen LogP contribution in [0.2, 0.25) is 0 Å². The van der Waals surface area contributed by atoms with Gasteiger partial charge in [0.1, 0.15) is 0 Å². The Hall–Kier alpha value is -0.830. The van der Waals surface area contributed by atoms with Gasteiger partial charge in [0.2, 0.25) is 5.91 Å². The van der Waals surface area contributed by atoms with Crippen molar-refractivity contribution in [3.63, 3.8) is 0 Å². The van der Waals surface area contributed by atoms with E-state index in [0.29, 0.717) is 6.04 Å². The molecule has 1 heterocycles. The molecule has 1 aliphatic heterocycles. The number of nitrogens with zero attached hydrogens (tertiary/aromatic N) is 2. The van der Waals surface area contributed by atoms with Crippen molar-refractivity contribution in [2.75, 3.05) is 27.2 Å². The highest BCUT2D eigenvalue weighted by atomic mass is 16.2. The summed E-state index contributed by atoms with van der Waals surface area (Å²) in [5.41, 5.74) is 0. The van der Waals surface area contributed by atoms with E-state index in [1.54, 1.807) is 6.08 Å². The second-order valence-electron chi connectivity index (χ2n) is 4.54. The first-order valence-corrected chi connectivity index (χ1v) is 5.73. The predicted molar refractivity (Wildman–Crippen MR) is 62.7 cm³/mol. The maximum Gasteiger partial charge on any atom is 0.246 e. The number of likely N-dealkylation sites (N-methyl/N-ethyl adjacent to an activating group) is 1. The molecule has 86 valence electrons.